The first-order chi connectivity index (χ1) is 13.2. The van der Waals surface area contributed by atoms with Gasteiger partial charge in [0.25, 0.3) is 0 Å². The fraction of sp³-hybridized carbons (Fsp3) is 0.333. The lowest BCUT2D eigenvalue weighted by molar-refractivity contribution is -0.131. The van der Waals surface area contributed by atoms with E-state index >= 15 is 0 Å². The molecular weight excluding hydrogens is 374 g/mol. The summed E-state index contributed by atoms with van der Waals surface area (Å²) in [6, 6.07) is 14.5. The van der Waals surface area contributed by atoms with Crippen molar-refractivity contribution in [2.24, 2.45) is 11.7 Å². The SMILES string of the molecule is CC1CC(CN)CN1C(=O)Cc1sc(-c2ccccc2)nc1-c1cccs1. The minimum atomic E-state index is 0.180. The van der Waals surface area contributed by atoms with E-state index in [1.807, 2.05) is 29.2 Å². The van der Waals surface area contributed by atoms with Gasteiger partial charge < -0.3 is 10.6 Å². The number of thiophene rings is 1. The molecule has 4 nitrogen and oxygen atoms in total. The number of carbonyl (C=O) groups excluding carboxylic acids is 1. The molecule has 0 radical (unpaired) electrons. The summed E-state index contributed by atoms with van der Waals surface area (Å²) in [5, 5.41) is 3.02. The molecule has 27 heavy (non-hydrogen) atoms. The Balaban J connectivity index is 1.63. The maximum atomic E-state index is 13.0. The Bertz CT molecular complexity index is 905. The van der Waals surface area contributed by atoms with Crippen LogP contribution in [-0.2, 0) is 11.2 Å². The van der Waals surface area contributed by atoms with Gasteiger partial charge in [-0.1, -0.05) is 36.4 Å². The van der Waals surface area contributed by atoms with Crippen LogP contribution in [0.1, 0.15) is 18.2 Å². The van der Waals surface area contributed by atoms with E-state index in [0.717, 1.165) is 39.0 Å². The van der Waals surface area contributed by atoms with Crippen molar-refractivity contribution in [2.45, 2.75) is 25.8 Å². The highest BCUT2D eigenvalue weighted by atomic mass is 32.1. The van der Waals surface area contributed by atoms with Gasteiger partial charge in [-0.25, -0.2) is 4.98 Å². The van der Waals surface area contributed by atoms with Crippen molar-refractivity contribution in [3.05, 3.63) is 52.7 Å². The van der Waals surface area contributed by atoms with Crippen molar-refractivity contribution >= 4 is 28.6 Å². The smallest absolute Gasteiger partial charge is 0.228 e. The number of hydrogen-bond acceptors (Lipinski definition) is 5. The second-order valence-electron chi connectivity index (χ2n) is 7.04. The van der Waals surface area contributed by atoms with Crippen LogP contribution in [0.15, 0.2) is 47.8 Å². The molecule has 1 aliphatic rings. The van der Waals surface area contributed by atoms with Crippen LogP contribution in [0.3, 0.4) is 0 Å². The predicted molar refractivity (Wildman–Crippen MR) is 113 cm³/mol. The summed E-state index contributed by atoms with van der Waals surface area (Å²) >= 11 is 3.29. The number of amides is 1. The molecule has 0 bridgehead atoms. The van der Waals surface area contributed by atoms with Crippen LogP contribution in [0.25, 0.3) is 21.1 Å². The van der Waals surface area contributed by atoms with E-state index in [4.69, 9.17) is 10.7 Å². The number of aromatic nitrogens is 1. The average molecular weight is 398 g/mol. The Kier molecular flexibility index (Phi) is 5.38. The van der Waals surface area contributed by atoms with Gasteiger partial charge >= 0.3 is 0 Å². The number of benzene rings is 1. The van der Waals surface area contributed by atoms with Crippen molar-refractivity contribution in [3.8, 4) is 21.1 Å². The second kappa shape index (κ2) is 7.92. The van der Waals surface area contributed by atoms with E-state index in [9.17, 15) is 4.79 Å². The third-order valence-electron chi connectivity index (χ3n) is 5.10. The number of carbonyl (C=O) groups is 1. The minimum Gasteiger partial charge on any atom is -0.339 e. The standard InChI is InChI=1S/C21H23N3OS2/c1-14-10-15(12-22)13-24(14)19(25)11-18-20(17-8-5-9-26-17)23-21(27-18)16-6-3-2-4-7-16/h2-9,14-15H,10-13,22H2,1H3. The predicted octanol–water partition coefficient (Wildman–Crippen LogP) is 4.28. The molecule has 1 aliphatic heterocycles. The molecule has 1 saturated heterocycles. The summed E-state index contributed by atoms with van der Waals surface area (Å²) in [4.78, 5) is 22.1. The molecule has 1 amide bonds. The van der Waals surface area contributed by atoms with E-state index in [-0.39, 0.29) is 11.9 Å². The molecule has 0 aliphatic carbocycles. The van der Waals surface area contributed by atoms with Gasteiger partial charge in [0.15, 0.2) is 0 Å². The minimum absolute atomic E-state index is 0.180. The number of hydrogen-bond donors (Lipinski definition) is 1. The van der Waals surface area contributed by atoms with Crippen molar-refractivity contribution in [1.82, 2.24) is 9.88 Å². The van der Waals surface area contributed by atoms with Crippen LogP contribution < -0.4 is 5.73 Å². The average Bonchev–Trinajstić information content (AvgIpc) is 3.41. The van der Waals surface area contributed by atoms with Gasteiger partial charge in [-0.05, 0) is 37.3 Å². The van der Waals surface area contributed by atoms with E-state index < -0.39 is 0 Å². The Hall–Kier alpha value is -2.02. The Morgan fingerprint density at radius 2 is 2.07 bits per heavy atom. The number of nitrogens with two attached hydrogens (primary N) is 1. The number of likely N-dealkylation sites (tertiary alicyclic amines) is 1. The zero-order valence-corrected chi connectivity index (χ0v) is 16.9. The molecule has 0 saturated carbocycles. The fourth-order valence-electron chi connectivity index (χ4n) is 3.68. The first-order valence-corrected chi connectivity index (χ1v) is 10.9. The summed E-state index contributed by atoms with van der Waals surface area (Å²) in [6.45, 7) is 3.54. The molecule has 6 heteroatoms. The molecule has 2 aromatic heterocycles. The topological polar surface area (TPSA) is 59.2 Å². The van der Waals surface area contributed by atoms with Crippen LogP contribution >= 0.6 is 22.7 Å². The quantitative estimate of drug-likeness (QED) is 0.699. The van der Waals surface area contributed by atoms with Crippen LogP contribution in [0.2, 0.25) is 0 Å². The fourth-order valence-corrected chi connectivity index (χ4v) is 5.56. The summed E-state index contributed by atoms with van der Waals surface area (Å²) in [5.74, 6) is 0.599. The molecule has 0 spiro atoms. The first-order valence-electron chi connectivity index (χ1n) is 9.24. The van der Waals surface area contributed by atoms with E-state index in [1.165, 1.54) is 0 Å². The lowest BCUT2D eigenvalue weighted by Crippen LogP contribution is -2.35. The monoisotopic (exact) mass is 397 g/mol. The highest BCUT2D eigenvalue weighted by Gasteiger charge is 2.32. The third kappa shape index (κ3) is 3.83. The summed E-state index contributed by atoms with van der Waals surface area (Å²) in [5.41, 5.74) is 7.87. The van der Waals surface area contributed by atoms with Crippen LogP contribution in [0, 0.1) is 5.92 Å². The van der Waals surface area contributed by atoms with Crippen molar-refractivity contribution in [2.75, 3.05) is 13.1 Å². The van der Waals surface area contributed by atoms with Gasteiger partial charge in [-0.2, -0.15) is 0 Å². The first kappa shape index (κ1) is 18.3. The van der Waals surface area contributed by atoms with Crippen LogP contribution in [0.4, 0.5) is 0 Å². The largest absolute Gasteiger partial charge is 0.339 e. The summed E-state index contributed by atoms with van der Waals surface area (Å²) in [6.07, 6.45) is 1.40. The summed E-state index contributed by atoms with van der Waals surface area (Å²) < 4.78 is 0. The van der Waals surface area contributed by atoms with Gasteiger partial charge in [-0.15, -0.1) is 22.7 Å². The normalized spacial score (nSPS) is 19.6. The maximum absolute atomic E-state index is 13.0. The zero-order chi connectivity index (χ0) is 18.8. The van der Waals surface area contributed by atoms with Gasteiger partial charge in [-0.3, -0.25) is 4.79 Å². The highest BCUT2D eigenvalue weighted by molar-refractivity contribution is 7.17. The Morgan fingerprint density at radius 1 is 1.26 bits per heavy atom. The van der Waals surface area contributed by atoms with Gasteiger partial charge in [0.05, 0.1) is 17.0 Å². The van der Waals surface area contributed by atoms with Crippen LogP contribution in [0.5, 0.6) is 0 Å². The Labute approximate surface area is 167 Å². The molecule has 1 fully saturated rings. The van der Waals surface area contributed by atoms with E-state index in [0.29, 0.717) is 18.9 Å². The molecule has 3 heterocycles. The molecule has 140 valence electrons. The van der Waals surface area contributed by atoms with Crippen molar-refractivity contribution in [3.63, 3.8) is 0 Å². The van der Waals surface area contributed by atoms with E-state index in [2.05, 4.69) is 30.5 Å². The van der Waals surface area contributed by atoms with Gasteiger partial charge in [0.1, 0.15) is 5.01 Å². The molecule has 2 unspecified atom stereocenters. The molecule has 2 N–H and O–H groups in total. The molecular formula is C21H23N3OS2. The van der Waals surface area contributed by atoms with Crippen LogP contribution in [-0.4, -0.2) is 34.9 Å². The van der Waals surface area contributed by atoms with Crippen molar-refractivity contribution < 1.29 is 4.79 Å². The molecule has 3 aromatic rings. The highest BCUT2D eigenvalue weighted by Crippen LogP contribution is 2.36. The second-order valence-corrected chi connectivity index (χ2v) is 9.07. The zero-order valence-electron chi connectivity index (χ0n) is 15.3. The number of rotatable bonds is 5. The number of nitrogens with zero attached hydrogens (tertiary/aromatic N) is 2. The lowest BCUT2D eigenvalue weighted by atomic mass is 10.1. The Morgan fingerprint density at radius 3 is 2.74 bits per heavy atom. The third-order valence-corrected chi connectivity index (χ3v) is 7.08. The summed E-state index contributed by atoms with van der Waals surface area (Å²) in [7, 11) is 0. The molecule has 2 atom stereocenters. The maximum Gasteiger partial charge on any atom is 0.228 e. The van der Waals surface area contributed by atoms with Gasteiger partial charge in [0, 0.05) is 23.0 Å². The lowest BCUT2D eigenvalue weighted by Gasteiger charge is -2.21. The molecule has 4 rings (SSSR count). The number of thiazole rings is 1. The van der Waals surface area contributed by atoms with Gasteiger partial charge in [0.2, 0.25) is 5.91 Å². The molecule has 1 aromatic carbocycles. The van der Waals surface area contributed by atoms with E-state index in [1.54, 1.807) is 22.7 Å². The van der Waals surface area contributed by atoms with Crippen molar-refractivity contribution in [1.29, 1.82) is 0 Å².